The van der Waals surface area contributed by atoms with E-state index in [2.05, 4.69) is 45.7 Å². The van der Waals surface area contributed by atoms with Crippen molar-refractivity contribution in [3.8, 4) is 0 Å². The van der Waals surface area contributed by atoms with Gasteiger partial charge in [0, 0.05) is 11.9 Å². The van der Waals surface area contributed by atoms with Gasteiger partial charge in [-0.1, -0.05) is 47.1 Å². The fraction of sp³-hybridized carbons (Fsp3) is 0.615. The van der Waals surface area contributed by atoms with Gasteiger partial charge in [-0.15, -0.1) is 0 Å². The lowest BCUT2D eigenvalue weighted by Crippen LogP contribution is -2.09. The van der Waals surface area contributed by atoms with Crippen molar-refractivity contribution in [2.45, 2.75) is 47.5 Å². The number of rotatable bonds is 1. The Morgan fingerprint density at radius 1 is 1.14 bits per heavy atom. The van der Waals surface area contributed by atoms with Gasteiger partial charge in [0.1, 0.15) is 0 Å². The summed E-state index contributed by atoms with van der Waals surface area (Å²) in [6.07, 6.45) is 4.15. The van der Waals surface area contributed by atoms with E-state index in [9.17, 15) is 0 Å². The molecule has 0 saturated carbocycles. The first-order chi connectivity index (χ1) is 6.49. The Kier molecular flexibility index (Phi) is 6.18. The number of hydrogen-bond acceptors (Lipinski definition) is 1. The van der Waals surface area contributed by atoms with Crippen molar-refractivity contribution in [3.05, 3.63) is 30.1 Å². The van der Waals surface area contributed by atoms with Crippen molar-refractivity contribution < 1.29 is 0 Å². The summed E-state index contributed by atoms with van der Waals surface area (Å²) in [6.45, 7) is 10.9. The molecular formula is C13H23N. The molecule has 14 heavy (non-hydrogen) atoms. The third-order valence-electron chi connectivity index (χ3n) is 1.44. The van der Waals surface area contributed by atoms with Crippen molar-refractivity contribution in [2.75, 3.05) is 0 Å². The zero-order valence-corrected chi connectivity index (χ0v) is 10.2. The highest BCUT2D eigenvalue weighted by atomic mass is 14.7. The molecule has 1 heterocycles. The van der Waals surface area contributed by atoms with Crippen LogP contribution in [0.3, 0.4) is 0 Å². The van der Waals surface area contributed by atoms with Crippen LogP contribution < -0.4 is 0 Å². The highest BCUT2D eigenvalue weighted by Gasteiger charge is 2.10. The van der Waals surface area contributed by atoms with E-state index in [0.29, 0.717) is 5.41 Å². The molecule has 0 fully saturated rings. The summed E-state index contributed by atoms with van der Waals surface area (Å²) in [4.78, 5) is 4.26. The predicted octanol–water partition coefficient (Wildman–Crippen LogP) is 4.09. The van der Waals surface area contributed by atoms with Gasteiger partial charge in [0.2, 0.25) is 0 Å². The van der Waals surface area contributed by atoms with Crippen LogP contribution in [0.15, 0.2) is 24.4 Å². The first-order valence-corrected chi connectivity index (χ1v) is 5.39. The van der Waals surface area contributed by atoms with Crippen LogP contribution in [0.2, 0.25) is 0 Å². The van der Waals surface area contributed by atoms with Crippen LogP contribution in [0.1, 0.15) is 46.7 Å². The van der Waals surface area contributed by atoms with Crippen molar-refractivity contribution >= 4 is 0 Å². The Morgan fingerprint density at radius 3 is 2.07 bits per heavy atom. The molecule has 0 saturated heterocycles. The van der Waals surface area contributed by atoms with Gasteiger partial charge in [-0.2, -0.15) is 0 Å². The molecule has 0 aliphatic carbocycles. The maximum atomic E-state index is 4.26. The molecule has 0 N–H and O–H groups in total. The van der Waals surface area contributed by atoms with Gasteiger partial charge in [0.25, 0.3) is 0 Å². The van der Waals surface area contributed by atoms with Gasteiger partial charge < -0.3 is 0 Å². The second-order valence-corrected chi connectivity index (χ2v) is 4.77. The summed E-state index contributed by atoms with van der Waals surface area (Å²) in [6, 6.07) is 6.06. The van der Waals surface area contributed by atoms with Crippen LogP contribution in [0.5, 0.6) is 0 Å². The fourth-order valence-electron chi connectivity index (χ4n) is 1.05. The number of hydrogen-bond donors (Lipinski definition) is 0. The molecule has 80 valence electrons. The van der Waals surface area contributed by atoms with Gasteiger partial charge >= 0.3 is 0 Å². The Morgan fingerprint density at radius 2 is 1.71 bits per heavy atom. The van der Waals surface area contributed by atoms with Crippen LogP contribution in [0.4, 0.5) is 0 Å². The highest BCUT2D eigenvalue weighted by molar-refractivity contribution is 5.04. The van der Waals surface area contributed by atoms with E-state index >= 15 is 0 Å². The molecule has 1 nitrogen and oxygen atoms in total. The molecular weight excluding hydrogens is 170 g/mol. The minimum Gasteiger partial charge on any atom is -0.261 e. The molecule has 1 aromatic rings. The number of nitrogens with zero attached hydrogens (tertiary/aromatic N) is 1. The zero-order valence-electron chi connectivity index (χ0n) is 10.2. The van der Waals surface area contributed by atoms with Gasteiger partial charge in [0.05, 0.1) is 0 Å². The number of aromatic nitrogens is 1. The summed E-state index contributed by atoms with van der Waals surface area (Å²) < 4.78 is 0. The Bertz CT molecular complexity index is 221. The third kappa shape index (κ3) is 7.78. The van der Waals surface area contributed by atoms with E-state index in [1.54, 1.807) is 0 Å². The van der Waals surface area contributed by atoms with Gasteiger partial charge in [-0.3, -0.25) is 4.98 Å². The summed E-state index contributed by atoms with van der Waals surface area (Å²) in [5.41, 5.74) is 1.52. The van der Waals surface area contributed by atoms with E-state index in [1.807, 2.05) is 18.3 Å². The first-order valence-electron chi connectivity index (χ1n) is 5.39. The Hall–Kier alpha value is -0.850. The van der Waals surface area contributed by atoms with E-state index in [4.69, 9.17) is 0 Å². The average molecular weight is 193 g/mol. The van der Waals surface area contributed by atoms with E-state index in [0.717, 1.165) is 6.42 Å². The first kappa shape index (κ1) is 13.2. The van der Waals surface area contributed by atoms with Crippen LogP contribution in [-0.2, 0) is 6.42 Å². The van der Waals surface area contributed by atoms with Crippen LogP contribution >= 0.6 is 0 Å². The van der Waals surface area contributed by atoms with Crippen LogP contribution in [0, 0.1) is 5.41 Å². The van der Waals surface area contributed by atoms with Gasteiger partial charge in [-0.05, 0) is 24.0 Å². The minimum absolute atomic E-state index is 0.342. The molecule has 0 spiro atoms. The maximum Gasteiger partial charge on any atom is 0.0408 e. The van der Waals surface area contributed by atoms with Gasteiger partial charge in [0.15, 0.2) is 0 Å². The monoisotopic (exact) mass is 193 g/mol. The molecule has 0 bridgehead atoms. The minimum atomic E-state index is 0.342. The topological polar surface area (TPSA) is 12.9 Å². The summed E-state index contributed by atoms with van der Waals surface area (Å²) in [5.74, 6) is 0. The lowest BCUT2D eigenvalue weighted by atomic mass is 9.90. The lowest BCUT2D eigenvalue weighted by molar-refractivity contribution is 0.406. The summed E-state index contributed by atoms with van der Waals surface area (Å²) in [7, 11) is 0. The number of pyridine rings is 1. The molecule has 0 aromatic carbocycles. The summed E-state index contributed by atoms with van der Waals surface area (Å²) in [5, 5.41) is 0. The van der Waals surface area contributed by atoms with E-state index in [1.165, 1.54) is 12.1 Å². The molecule has 0 atom stereocenters. The standard InChI is InChI=1S/C10H15N.C3H8/c1-10(2,3)8-9-6-4-5-7-11-9;1-3-2/h4-7H,8H2,1-3H3;3H2,1-2H3. The van der Waals surface area contributed by atoms with Crippen molar-refractivity contribution in [1.29, 1.82) is 0 Å². The Balaban J connectivity index is 0.000000500. The molecule has 0 unspecified atom stereocenters. The largest absolute Gasteiger partial charge is 0.261 e. The fourth-order valence-corrected chi connectivity index (χ4v) is 1.05. The van der Waals surface area contributed by atoms with Crippen molar-refractivity contribution in [1.82, 2.24) is 4.98 Å². The normalized spacial score (nSPS) is 10.4. The molecule has 1 rings (SSSR count). The smallest absolute Gasteiger partial charge is 0.0408 e. The molecule has 0 radical (unpaired) electrons. The molecule has 0 aliphatic heterocycles. The van der Waals surface area contributed by atoms with Crippen LogP contribution in [-0.4, -0.2) is 4.98 Å². The van der Waals surface area contributed by atoms with Gasteiger partial charge in [-0.25, -0.2) is 0 Å². The quantitative estimate of drug-likeness (QED) is 0.654. The zero-order chi connectivity index (χ0) is 11.0. The SMILES string of the molecule is CC(C)(C)Cc1ccccn1.CCC. The van der Waals surface area contributed by atoms with Crippen molar-refractivity contribution in [3.63, 3.8) is 0 Å². The van der Waals surface area contributed by atoms with Crippen molar-refractivity contribution in [2.24, 2.45) is 5.41 Å². The summed E-state index contributed by atoms with van der Waals surface area (Å²) >= 11 is 0. The maximum absolute atomic E-state index is 4.26. The predicted molar refractivity (Wildman–Crippen MR) is 63.4 cm³/mol. The molecule has 1 aromatic heterocycles. The second kappa shape index (κ2) is 6.58. The molecule has 1 heteroatoms. The average Bonchev–Trinajstić information content (AvgIpc) is 2.04. The highest BCUT2D eigenvalue weighted by Crippen LogP contribution is 2.18. The lowest BCUT2D eigenvalue weighted by Gasteiger charge is -2.16. The van der Waals surface area contributed by atoms with E-state index < -0.39 is 0 Å². The Labute approximate surface area is 88.6 Å². The van der Waals surface area contributed by atoms with Crippen LogP contribution in [0.25, 0.3) is 0 Å². The van der Waals surface area contributed by atoms with E-state index in [-0.39, 0.29) is 0 Å². The molecule has 0 amide bonds. The third-order valence-corrected chi connectivity index (χ3v) is 1.44. The molecule has 0 aliphatic rings. The second-order valence-electron chi connectivity index (χ2n) is 4.77.